The highest BCUT2D eigenvalue weighted by molar-refractivity contribution is 6.02. The lowest BCUT2D eigenvalue weighted by Crippen LogP contribution is -2.56. The molecule has 2 aromatic carbocycles. The highest BCUT2D eigenvalue weighted by atomic mass is 16.6. The monoisotopic (exact) mass is 644 g/mol. The average molecular weight is 645 g/mol. The summed E-state index contributed by atoms with van der Waals surface area (Å²) in [7, 11) is 7.68. The molecule has 3 fully saturated rings. The number of benzene rings is 2. The number of hydrogen-bond acceptors (Lipinski definition) is 9. The van der Waals surface area contributed by atoms with Crippen molar-refractivity contribution >= 4 is 29.1 Å². The van der Waals surface area contributed by atoms with Crippen molar-refractivity contribution in [3.05, 3.63) is 71.3 Å². The van der Waals surface area contributed by atoms with Crippen LogP contribution in [-0.4, -0.2) is 81.0 Å². The first-order valence-corrected chi connectivity index (χ1v) is 16.7. The third-order valence-corrected chi connectivity index (χ3v) is 11.4. The van der Waals surface area contributed by atoms with Crippen LogP contribution in [0.3, 0.4) is 0 Å². The van der Waals surface area contributed by atoms with Gasteiger partial charge in [-0.2, -0.15) is 0 Å². The number of nitrogens with zero attached hydrogens (tertiary/aromatic N) is 2. The quantitative estimate of drug-likeness (QED) is 0.331. The van der Waals surface area contributed by atoms with Crippen molar-refractivity contribution in [3.8, 4) is 0 Å². The molecule has 0 aromatic heterocycles. The Morgan fingerprint density at radius 1 is 0.894 bits per heavy atom. The Labute approximate surface area is 277 Å². The highest BCUT2D eigenvalue weighted by Gasteiger charge is 2.69. The third kappa shape index (κ3) is 5.86. The van der Waals surface area contributed by atoms with Gasteiger partial charge in [-0.15, -0.1) is 0 Å². The van der Waals surface area contributed by atoms with E-state index in [0.29, 0.717) is 35.6 Å². The van der Waals surface area contributed by atoms with Crippen LogP contribution in [0.1, 0.15) is 67.7 Å². The number of carbonyl (C=O) groups excluding carboxylic acids is 3. The summed E-state index contributed by atoms with van der Waals surface area (Å²) in [4.78, 5) is 45.8. The first kappa shape index (κ1) is 33.2. The molecule has 47 heavy (non-hydrogen) atoms. The van der Waals surface area contributed by atoms with E-state index in [1.165, 1.54) is 0 Å². The number of fused-ring (bicyclic) bond motifs is 2. The lowest BCUT2D eigenvalue weighted by molar-refractivity contribution is -0.151. The van der Waals surface area contributed by atoms with Crippen LogP contribution < -0.4 is 9.80 Å². The molecule has 3 aliphatic carbocycles. The Bertz CT molecular complexity index is 1570. The minimum Gasteiger partial charge on any atom is -0.458 e. The minimum atomic E-state index is -1.95. The normalized spacial score (nSPS) is 35.0. The predicted octanol–water partition coefficient (Wildman–Crippen LogP) is 5.31. The number of rotatable bonds is 6. The first-order valence-electron chi connectivity index (χ1n) is 16.7. The SMILES string of the molecule is C/C1=C\[C@@H]2[C@H](CC[C@]3(CO3)[C@H](OC(=O)c3ccc(N(C)C)cc3)[C@H]3[C@@H](OC(=O)c4ccc(N(C)C)cc4)[C@@H](C)C[C@]3(O)C1=O)C2(C)C. The molecule has 1 heterocycles. The number of esters is 2. The summed E-state index contributed by atoms with van der Waals surface area (Å²) in [5, 5.41) is 12.6. The zero-order chi connectivity index (χ0) is 34.1. The lowest BCUT2D eigenvalue weighted by Gasteiger charge is -2.39. The van der Waals surface area contributed by atoms with Gasteiger partial charge in [-0.25, -0.2) is 9.59 Å². The topological polar surface area (TPSA) is 109 Å². The molecule has 9 nitrogen and oxygen atoms in total. The highest BCUT2D eigenvalue weighted by Crippen LogP contribution is 2.63. The Morgan fingerprint density at radius 3 is 1.89 bits per heavy atom. The van der Waals surface area contributed by atoms with E-state index >= 15 is 0 Å². The van der Waals surface area contributed by atoms with E-state index in [0.717, 1.165) is 17.8 Å². The maximum atomic E-state index is 14.4. The molecule has 1 saturated heterocycles. The van der Waals surface area contributed by atoms with E-state index in [9.17, 15) is 19.5 Å². The lowest BCUT2D eigenvalue weighted by atomic mass is 9.74. The van der Waals surface area contributed by atoms with Gasteiger partial charge in [0.05, 0.1) is 23.7 Å². The van der Waals surface area contributed by atoms with E-state index in [4.69, 9.17) is 14.2 Å². The number of carbonyl (C=O) groups is 3. The van der Waals surface area contributed by atoms with Crippen molar-refractivity contribution in [1.29, 1.82) is 0 Å². The molecule has 9 heteroatoms. The zero-order valence-corrected chi connectivity index (χ0v) is 28.8. The Hall–Kier alpha value is -3.69. The maximum Gasteiger partial charge on any atom is 0.338 e. The molecule has 0 radical (unpaired) electrons. The molecular weight excluding hydrogens is 596 g/mol. The molecule has 6 rings (SSSR count). The average Bonchev–Trinajstić information content (AvgIpc) is 3.90. The Balaban J connectivity index is 1.41. The fourth-order valence-electron chi connectivity index (χ4n) is 8.20. The van der Waals surface area contributed by atoms with Crippen LogP contribution in [-0.2, 0) is 19.0 Å². The van der Waals surface area contributed by atoms with Gasteiger partial charge in [0.2, 0.25) is 0 Å². The van der Waals surface area contributed by atoms with Crippen LogP contribution in [0.25, 0.3) is 0 Å². The molecule has 4 aliphatic rings. The minimum absolute atomic E-state index is 0.00234. The summed E-state index contributed by atoms with van der Waals surface area (Å²) >= 11 is 0. The van der Waals surface area contributed by atoms with Gasteiger partial charge in [0.25, 0.3) is 0 Å². The van der Waals surface area contributed by atoms with Crippen molar-refractivity contribution in [1.82, 2.24) is 0 Å². The zero-order valence-electron chi connectivity index (χ0n) is 28.8. The number of hydrogen-bond donors (Lipinski definition) is 1. The van der Waals surface area contributed by atoms with Gasteiger partial charge in [-0.3, -0.25) is 4.79 Å². The second kappa shape index (κ2) is 11.8. The Kier molecular flexibility index (Phi) is 8.32. The number of aliphatic hydroxyl groups is 1. The molecule has 0 unspecified atom stereocenters. The molecule has 1 aliphatic heterocycles. The largest absolute Gasteiger partial charge is 0.458 e. The number of Topliss-reactive ketones (excluding diaryl/α,β-unsaturated/α-hetero) is 1. The van der Waals surface area contributed by atoms with E-state index in [1.54, 1.807) is 31.2 Å². The van der Waals surface area contributed by atoms with Gasteiger partial charge in [0, 0.05) is 39.6 Å². The number of ketones is 1. The van der Waals surface area contributed by atoms with Crippen molar-refractivity contribution in [3.63, 3.8) is 0 Å². The number of epoxide rings is 1. The molecule has 0 bridgehead atoms. The van der Waals surface area contributed by atoms with Crippen LogP contribution in [0.2, 0.25) is 0 Å². The summed E-state index contributed by atoms with van der Waals surface area (Å²) in [6, 6.07) is 14.2. The van der Waals surface area contributed by atoms with Crippen LogP contribution >= 0.6 is 0 Å². The summed E-state index contributed by atoms with van der Waals surface area (Å²) in [5.74, 6) is -2.50. The van der Waals surface area contributed by atoms with Gasteiger partial charge in [0.15, 0.2) is 5.78 Å². The summed E-state index contributed by atoms with van der Waals surface area (Å²) in [6.45, 7) is 8.35. The molecular formula is C38H48N2O7. The fourth-order valence-corrected chi connectivity index (χ4v) is 8.20. The van der Waals surface area contributed by atoms with Crippen molar-refractivity contribution in [2.45, 2.75) is 70.4 Å². The van der Waals surface area contributed by atoms with Crippen LogP contribution in [0.4, 0.5) is 11.4 Å². The van der Waals surface area contributed by atoms with Gasteiger partial charge in [-0.1, -0.05) is 26.8 Å². The predicted molar refractivity (Wildman–Crippen MR) is 180 cm³/mol. The van der Waals surface area contributed by atoms with Gasteiger partial charge < -0.3 is 29.1 Å². The van der Waals surface area contributed by atoms with Crippen molar-refractivity contribution in [2.75, 3.05) is 44.6 Å². The van der Waals surface area contributed by atoms with Crippen molar-refractivity contribution in [2.24, 2.45) is 29.1 Å². The van der Waals surface area contributed by atoms with Gasteiger partial charge >= 0.3 is 11.9 Å². The molecule has 2 aromatic rings. The van der Waals surface area contributed by atoms with E-state index in [1.807, 2.05) is 75.3 Å². The number of ether oxygens (including phenoxy) is 3. The smallest absolute Gasteiger partial charge is 0.338 e. The molecule has 0 amide bonds. The molecule has 252 valence electrons. The van der Waals surface area contributed by atoms with E-state index < -0.39 is 53.0 Å². The fraction of sp³-hybridized carbons (Fsp3) is 0.553. The molecule has 1 spiro atoms. The molecule has 8 atom stereocenters. The second-order valence-electron chi connectivity index (χ2n) is 15.2. The standard InChI is InChI=1S/C38H48N2O7/c1-22-19-29-28(36(29,3)4)17-18-37(21-45-37)33(47-35(43)25-11-15-27(16-12-25)40(7)8)30-31(23(2)20-38(30,44)32(22)41)46-34(42)24-9-13-26(14-10-24)39(5)6/h9-16,19,23,28-31,33,44H,17-18,20-21H2,1-8H3/b22-19+/t23-,28-,29+,30+,31-,33+,37-,38+/m0/s1. The van der Waals surface area contributed by atoms with E-state index in [-0.39, 0.29) is 17.8 Å². The molecule has 1 N–H and O–H groups in total. The summed E-state index contributed by atoms with van der Waals surface area (Å²) in [5.41, 5.74) is 0.177. The second-order valence-corrected chi connectivity index (χ2v) is 15.2. The maximum absolute atomic E-state index is 14.4. The summed E-state index contributed by atoms with van der Waals surface area (Å²) in [6.07, 6.45) is 1.51. The number of allylic oxidation sites excluding steroid dienone is 1. The van der Waals surface area contributed by atoms with Gasteiger partial charge in [0.1, 0.15) is 23.4 Å². The number of anilines is 2. The molecule has 2 saturated carbocycles. The van der Waals surface area contributed by atoms with Crippen LogP contribution in [0.15, 0.2) is 60.2 Å². The van der Waals surface area contributed by atoms with Crippen LogP contribution in [0.5, 0.6) is 0 Å². The van der Waals surface area contributed by atoms with Crippen LogP contribution in [0, 0.1) is 29.1 Å². The van der Waals surface area contributed by atoms with E-state index in [2.05, 4.69) is 13.8 Å². The summed E-state index contributed by atoms with van der Waals surface area (Å²) < 4.78 is 18.8. The first-order chi connectivity index (χ1) is 22.1. The van der Waals surface area contributed by atoms with Crippen molar-refractivity contribution < 1.29 is 33.7 Å². The van der Waals surface area contributed by atoms with Gasteiger partial charge in [-0.05, 0) is 103 Å². The third-order valence-electron chi connectivity index (χ3n) is 11.4. The Morgan fingerprint density at radius 2 is 1.40 bits per heavy atom.